The molecule has 5 atom stereocenters. The molecule has 2 aliphatic heterocycles. The topological polar surface area (TPSA) is 92.3 Å². The number of urea groups is 1. The summed E-state index contributed by atoms with van der Waals surface area (Å²) in [6.45, 7) is 7.19. The van der Waals surface area contributed by atoms with Crippen LogP contribution in [0.2, 0.25) is 0 Å². The number of carbonyl (C=O) groups is 1. The van der Waals surface area contributed by atoms with Crippen molar-refractivity contribution in [2.45, 2.75) is 57.8 Å². The first-order valence-electron chi connectivity index (χ1n) is 12.9. The minimum Gasteiger partial charge on any atom is -0.392 e. The van der Waals surface area contributed by atoms with Gasteiger partial charge in [0.1, 0.15) is 0 Å². The number of likely N-dealkylation sites (tertiary alicyclic amines) is 1. The third kappa shape index (κ3) is 6.44. The number of amides is 2. The number of nitrogens with zero attached hydrogens (tertiary/aromatic N) is 1. The second-order valence-corrected chi connectivity index (χ2v) is 9.68. The monoisotopic (exact) mass is 497 g/mol. The Morgan fingerprint density at radius 3 is 2.69 bits per heavy atom. The Bertz CT molecular complexity index is 985. The molecule has 2 aromatic rings. The number of aliphatic hydroxyl groups is 1. The van der Waals surface area contributed by atoms with Crippen LogP contribution in [0.4, 0.5) is 10.5 Å². The van der Waals surface area contributed by atoms with Crippen LogP contribution in [0.5, 0.6) is 0 Å². The van der Waals surface area contributed by atoms with Crippen LogP contribution in [0, 0.1) is 5.92 Å². The van der Waals surface area contributed by atoms with Gasteiger partial charge in [0, 0.05) is 43.4 Å². The Morgan fingerprint density at radius 1 is 1.17 bits per heavy atom. The third-order valence-electron chi connectivity index (χ3n) is 7.15. The largest absolute Gasteiger partial charge is 0.392 e. The van der Waals surface area contributed by atoms with Gasteiger partial charge in [0.2, 0.25) is 0 Å². The lowest BCUT2D eigenvalue weighted by atomic mass is 9.90. The van der Waals surface area contributed by atoms with Gasteiger partial charge < -0.3 is 30.0 Å². The molecule has 8 nitrogen and oxygen atoms in total. The number of aliphatic hydroxyl groups excluding tert-OH is 1. The van der Waals surface area contributed by atoms with Gasteiger partial charge in [-0.05, 0) is 49.6 Å². The molecule has 36 heavy (non-hydrogen) atoms. The predicted molar refractivity (Wildman–Crippen MR) is 139 cm³/mol. The molecule has 0 unspecified atom stereocenters. The maximum absolute atomic E-state index is 12.0. The normalized spacial score (nSPS) is 26.6. The number of anilines is 1. The lowest BCUT2D eigenvalue weighted by Gasteiger charge is -2.43. The van der Waals surface area contributed by atoms with Crippen LogP contribution in [0.25, 0.3) is 0 Å². The zero-order chi connectivity index (χ0) is 25.5. The zero-order valence-corrected chi connectivity index (χ0v) is 21.5. The van der Waals surface area contributed by atoms with Gasteiger partial charge in [-0.2, -0.15) is 0 Å². The molecule has 2 aliphatic rings. The second-order valence-electron chi connectivity index (χ2n) is 9.68. The quantitative estimate of drug-likeness (QED) is 0.480. The van der Waals surface area contributed by atoms with Crippen molar-refractivity contribution in [2.24, 2.45) is 5.92 Å². The van der Waals surface area contributed by atoms with Crippen LogP contribution in [0.1, 0.15) is 55.8 Å². The molecule has 2 amide bonds. The van der Waals surface area contributed by atoms with E-state index in [1.165, 1.54) is 0 Å². The van der Waals surface area contributed by atoms with Crippen molar-refractivity contribution in [3.8, 4) is 0 Å². The fourth-order valence-corrected chi connectivity index (χ4v) is 5.17. The Balaban J connectivity index is 1.58. The van der Waals surface area contributed by atoms with E-state index < -0.39 is 6.29 Å². The molecule has 2 fully saturated rings. The summed E-state index contributed by atoms with van der Waals surface area (Å²) in [5.74, 6) is 0.113. The standard InChI is InChI=1S/C28H39N3O5/c1-4-29-28(33)30-23-8-5-7-22(15-23)27-35-25(16-31-14-6-9-24(31)18-34-3)19(2)26(36-27)21-12-10-20(17-32)11-13-21/h5,7-8,10-13,15,19,24-27,32H,4,6,9,14,16-18H2,1-3H3,(H2,29,30,33)/t19-,24+,25+,26+,27+/m1/s1. The van der Waals surface area contributed by atoms with Crippen LogP contribution in [0.15, 0.2) is 48.5 Å². The SMILES string of the molecule is CCNC(=O)Nc1cccc([C@H]2O[C@@H](CN3CCC[C@H]3COC)[C@@H](C)[C@@H](c3ccc(CO)cc3)O2)c1. The van der Waals surface area contributed by atoms with Crippen molar-refractivity contribution in [3.63, 3.8) is 0 Å². The molecule has 2 saturated heterocycles. The zero-order valence-electron chi connectivity index (χ0n) is 21.5. The van der Waals surface area contributed by atoms with E-state index in [9.17, 15) is 9.90 Å². The van der Waals surface area contributed by atoms with Crippen molar-refractivity contribution in [1.82, 2.24) is 10.2 Å². The van der Waals surface area contributed by atoms with Crippen molar-refractivity contribution in [3.05, 3.63) is 65.2 Å². The van der Waals surface area contributed by atoms with E-state index in [0.717, 1.165) is 49.2 Å². The van der Waals surface area contributed by atoms with Crippen molar-refractivity contribution in [1.29, 1.82) is 0 Å². The molecule has 4 rings (SSSR count). The first-order valence-corrected chi connectivity index (χ1v) is 12.9. The summed E-state index contributed by atoms with van der Waals surface area (Å²) < 4.78 is 18.6. The smallest absolute Gasteiger partial charge is 0.319 e. The molecule has 0 bridgehead atoms. The molecule has 196 valence electrons. The number of hydrogen-bond donors (Lipinski definition) is 3. The molecule has 0 spiro atoms. The molecule has 0 aliphatic carbocycles. The highest BCUT2D eigenvalue weighted by molar-refractivity contribution is 5.89. The fourth-order valence-electron chi connectivity index (χ4n) is 5.17. The number of hydrogen-bond acceptors (Lipinski definition) is 6. The maximum Gasteiger partial charge on any atom is 0.319 e. The first-order chi connectivity index (χ1) is 17.5. The van der Waals surface area contributed by atoms with Crippen molar-refractivity contribution in [2.75, 3.05) is 38.7 Å². The van der Waals surface area contributed by atoms with Gasteiger partial charge in [-0.25, -0.2) is 4.79 Å². The maximum atomic E-state index is 12.0. The number of carbonyl (C=O) groups excluding carboxylic acids is 1. The van der Waals surface area contributed by atoms with Gasteiger partial charge >= 0.3 is 6.03 Å². The summed E-state index contributed by atoms with van der Waals surface area (Å²) in [7, 11) is 1.76. The van der Waals surface area contributed by atoms with E-state index in [1.54, 1.807) is 7.11 Å². The highest BCUT2D eigenvalue weighted by Gasteiger charge is 2.40. The summed E-state index contributed by atoms with van der Waals surface area (Å²) in [5.41, 5.74) is 3.47. The van der Waals surface area contributed by atoms with Crippen LogP contribution >= 0.6 is 0 Å². The van der Waals surface area contributed by atoms with Crippen LogP contribution in [-0.4, -0.2) is 61.5 Å². The number of rotatable bonds is 9. The summed E-state index contributed by atoms with van der Waals surface area (Å²) in [5, 5.41) is 15.1. The van der Waals surface area contributed by atoms with Gasteiger partial charge in [0.25, 0.3) is 0 Å². The number of ether oxygens (including phenoxy) is 3. The number of benzene rings is 2. The Morgan fingerprint density at radius 2 is 1.97 bits per heavy atom. The van der Waals surface area contributed by atoms with Crippen molar-refractivity contribution < 1.29 is 24.1 Å². The molecule has 0 saturated carbocycles. The summed E-state index contributed by atoms with van der Waals surface area (Å²) >= 11 is 0. The molecule has 2 heterocycles. The lowest BCUT2D eigenvalue weighted by molar-refractivity contribution is -0.276. The van der Waals surface area contributed by atoms with E-state index in [2.05, 4.69) is 22.5 Å². The molecule has 0 aromatic heterocycles. The molecule has 3 N–H and O–H groups in total. The second kappa shape index (κ2) is 12.7. The van der Waals surface area contributed by atoms with E-state index in [0.29, 0.717) is 18.3 Å². The fraction of sp³-hybridized carbons (Fsp3) is 0.536. The first kappa shape index (κ1) is 26.6. The molecular formula is C28H39N3O5. The van der Waals surface area contributed by atoms with E-state index in [1.807, 2.05) is 55.5 Å². The number of nitrogens with one attached hydrogen (secondary N) is 2. The third-order valence-corrected chi connectivity index (χ3v) is 7.15. The van der Waals surface area contributed by atoms with Crippen LogP contribution in [-0.2, 0) is 20.8 Å². The average Bonchev–Trinajstić information content (AvgIpc) is 3.32. The van der Waals surface area contributed by atoms with Gasteiger partial charge in [0.15, 0.2) is 6.29 Å². The van der Waals surface area contributed by atoms with E-state index in [4.69, 9.17) is 14.2 Å². The average molecular weight is 498 g/mol. The minimum atomic E-state index is -0.576. The summed E-state index contributed by atoms with van der Waals surface area (Å²) in [4.78, 5) is 14.5. The highest BCUT2D eigenvalue weighted by Crippen LogP contribution is 2.42. The van der Waals surface area contributed by atoms with E-state index in [-0.39, 0.29) is 30.8 Å². The summed E-state index contributed by atoms with van der Waals surface area (Å²) in [6.07, 6.45) is 1.49. The lowest BCUT2D eigenvalue weighted by Crippen LogP contribution is -2.46. The van der Waals surface area contributed by atoms with Gasteiger partial charge in [-0.1, -0.05) is 43.3 Å². The van der Waals surface area contributed by atoms with E-state index >= 15 is 0 Å². The van der Waals surface area contributed by atoms with Gasteiger partial charge in [0.05, 0.1) is 25.4 Å². The van der Waals surface area contributed by atoms with Crippen molar-refractivity contribution >= 4 is 11.7 Å². The minimum absolute atomic E-state index is 0.0109. The predicted octanol–water partition coefficient (Wildman–Crippen LogP) is 4.22. The molecule has 2 aromatic carbocycles. The van der Waals surface area contributed by atoms with Crippen LogP contribution in [0.3, 0.4) is 0 Å². The number of methoxy groups -OCH3 is 1. The van der Waals surface area contributed by atoms with Gasteiger partial charge in [-0.3, -0.25) is 4.90 Å². The molecular weight excluding hydrogens is 458 g/mol. The van der Waals surface area contributed by atoms with Crippen LogP contribution < -0.4 is 10.6 Å². The molecule has 8 heteroatoms. The molecule has 0 radical (unpaired) electrons. The van der Waals surface area contributed by atoms with Gasteiger partial charge in [-0.15, -0.1) is 0 Å². The highest BCUT2D eigenvalue weighted by atomic mass is 16.7. The summed E-state index contributed by atoms with van der Waals surface area (Å²) in [6, 6.07) is 15.7. The Kier molecular flexibility index (Phi) is 9.34. The Labute approximate surface area is 213 Å². The Hall–Kier alpha value is -2.49.